The van der Waals surface area contributed by atoms with Gasteiger partial charge in [-0.2, -0.15) is 0 Å². The van der Waals surface area contributed by atoms with Crippen LogP contribution in [0, 0.1) is 12.3 Å². The molecule has 1 fully saturated rings. The Balaban J connectivity index is 1.75. The number of hydrogen-bond donors (Lipinski definition) is 3. The van der Waals surface area contributed by atoms with Crippen LogP contribution in [0.2, 0.25) is 0 Å². The number of nitrogens with one attached hydrogen (secondary N) is 2. The minimum absolute atomic E-state index is 0.00683. The Labute approximate surface area is 113 Å². The minimum Gasteiger partial charge on any atom is -0.392 e. The molecule has 1 saturated heterocycles. The van der Waals surface area contributed by atoms with E-state index < -0.39 is 0 Å². The maximum atomic E-state index is 11.7. The molecule has 0 saturated carbocycles. The number of rotatable bonds is 4. The fourth-order valence-corrected chi connectivity index (χ4v) is 2.17. The molecule has 0 bridgehead atoms. The number of amides is 1. The van der Waals surface area contributed by atoms with Gasteiger partial charge in [0.05, 0.1) is 6.10 Å². The highest BCUT2D eigenvalue weighted by Crippen LogP contribution is 2.09. The predicted octanol–water partition coefficient (Wildman–Crippen LogP) is 0.397. The summed E-state index contributed by atoms with van der Waals surface area (Å²) in [6.07, 6.45) is 6.00. The molecule has 0 spiro atoms. The third-order valence-corrected chi connectivity index (χ3v) is 3.24. The van der Waals surface area contributed by atoms with Crippen LogP contribution in [0.3, 0.4) is 0 Å². The summed E-state index contributed by atoms with van der Waals surface area (Å²) < 4.78 is 0. The van der Waals surface area contributed by atoms with Crippen molar-refractivity contribution in [1.82, 2.24) is 10.6 Å². The topological polar surface area (TPSA) is 61.4 Å². The zero-order valence-corrected chi connectivity index (χ0v) is 10.7. The molecule has 19 heavy (non-hydrogen) atoms. The summed E-state index contributed by atoms with van der Waals surface area (Å²) in [5.74, 6) is 2.55. The summed E-state index contributed by atoms with van der Waals surface area (Å²) in [6, 6.07) is 7.62. The van der Waals surface area contributed by atoms with Crippen LogP contribution in [-0.2, 0) is 11.3 Å². The van der Waals surface area contributed by atoms with E-state index in [1.807, 2.05) is 24.3 Å². The van der Waals surface area contributed by atoms with Crippen LogP contribution in [0.4, 0.5) is 0 Å². The van der Waals surface area contributed by atoms with Gasteiger partial charge >= 0.3 is 0 Å². The van der Waals surface area contributed by atoms with Crippen molar-refractivity contribution in [3.8, 4) is 12.3 Å². The van der Waals surface area contributed by atoms with E-state index in [-0.39, 0.29) is 18.1 Å². The molecule has 1 aliphatic heterocycles. The Morgan fingerprint density at radius 1 is 1.47 bits per heavy atom. The van der Waals surface area contributed by atoms with Gasteiger partial charge in [-0.25, -0.2) is 0 Å². The zero-order valence-electron chi connectivity index (χ0n) is 10.7. The average molecular weight is 258 g/mol. The summed E-state index contributed by atoms with van der Waals surface area (Å²) in [5, 5.41) is 15.3. The van der Waals surface area contributed by atoms with E-state index in [0.717, 1.165) is 11.1 Å². The van der Waals surface area contributed by atoms with Gasteiger partial charge in [0.2, 0.25) is 5.91 Å². The van der Waals surface area contributed by atoms with E-state index in [2.05, 4.69) is 16.6 Å². The first-order chi connectivity index (χ1) is 9.17. The predicted molar refractivity (Wildman–Crippen MR) is 73.3 cm³/mol. The summed E-state index contributed by atoms with van der Waals surface area (Å²) in [7, 11) is 0. The van der Waals surface area contributed by atoms with E-state index in [1.165, 1.54) is 0 Å². The Morgan fingerprint density at radius 3 is 2.79 bits per heavy atom. The molecule has 0 aromatic heterocycles. The van der Waals surface area contributed by atoms with Crippen molar-refractivity contribution in [2.45, 2.75) is 31.5 Å². The molecule has 2 atom stereocenters. The molecular formula is C15H18N2O2. The lowest BCUT2D eigenvalue weighted by Crippen LogP contribution is -2.31. The standard InChI is InChI=1S/C15H18N2O2/c1-2-11-3-5-12(6-4-11)9-17-15(19)8-13-7-14(18)10-16-13/h1,3-6,13-14,16,18H,7-10H2,(H,17,19)/t13-,14+/m0/s1. The van der Waals surface area contributed by atoms with Crippen LogP contribution < -0.4 is 10.6 Å². The van der Waals surface area contributed by atoms with Crippen LogP contribution in [0.1, 0.15) is 24.0 Å². The number of aliphatic hydroxyl groups excluding tert-OH is 1. The number of aliphatic hydroxyl groups is 1. The zero-order chi connectivity index (χ0) is 13.7. The highest BCUT2D eigenvalue weighted by atomic mass is 16.3. The van der Waals surface area contributed by atoms with Gasteiger partial charge in [-0.15, -0.1) is 6.42 Å². The van der Waals surface area contributed by atoms with E-state index in [4.69, 9.17) is 6.42 Å². The minimum atomic E-state index is -0.325. The summed E-state index contributed by atoms with van der Waals surface area (Å²) >= 11 is 0. The van der Waals surface area contributed by atoms with Gasteiger partial charge in [0.25, 0.3) is 0 Å². The van der Waals surface area contributed by atoms with Crippen molar-refractivity contribution in [1.29, 1.82) is 0 Å². The van der Waals surface area contributed by atoms with E-state index in [0.29, 0.717) is 25.9 Å². The normalized spacial score (nSPS) is 21.9. The highest BCUT2D eigenvalue weighted by molar-refractivity contribution is 5.76. The summed E-state index contributed by atoms with van der Waals surface area (Å²) in [4.78, 5) is 11.7. The molecule has 4 nitrogen and oxygen atoms in total. The first-order valence-electron chi connectivity index (χ1n) is 6.41. The van der Waals surface area contributed by atoms with Crippen molar-refractivity contribution in [3.63, 3.8) is 0 Å². The fraction of sp³-hybridized carbons (Fsp3) is 0.400. The average Bonchev–Trinajstić information content (AvgIpc) is 2.82. The van der Waals surface area contributed by atoms with Crippen molar-refractivity contribution in [2.75, 3.05) is 6.54 Å². The quantitative estimate of drug-likeness (QED) is 0.685. The molecule has 100 valence electrons. The van der Waals surface area contributed by atoms with E-state index in [1.54, 1.807) is 0 Å². The SMILES string of the molecule is C#Cc1ccc(CNC(=O)C[C@@H]2C[C@@H](O)CN2)cc1. The van der Waals surface area contributed by atoms with Crippen LogP contribution in [-0.4, -0.2) is 29.7 Å². The Bertz CT molecular complexity index is 476. The third-order valence-electron chi connectivity index (χ3n) is 3.24. The highest BCUT2D eigenvalue weighted by Gasteiger charge is 2.23. The molecule has 1 aliphatic rings. The van der Waals surface area contributed by atoms with E-state index in [9.17, 15) is 9.90 Å². The lowest BCUT2D eigenvalue weighted by molar-refractivity contribution is -0.121. The Kier molecular flexibility index (Phi) is 4.56. The maximum absolute atomic E-state index is 11.7. The Morgan fingerprint density at radius 2 is 2.21 bits per heavy atom. The second kappa shape index (κ2) is 6.37. The lowest BCUT2D eigenvalue weighted by Gasteiger charge is -2.10. The third kappa shape index (κ3) is 4.09. The van der Waals surface area contributed by atoms with Gasteiger partial charge < -0.3 is 15.7 Å². The smallest absolute Gasteiger partial charge is 0.221 e. The molecule has 3 N–H and O–H groups in total. The number of benzene rings is 1. The van der Waals surface area contributed by atoms with Crippen molar-refractivity contribution < 1.29 is 9.90 Å². The van der Waals surface area contributed by atoms with Crippen LogP contribution in [0.15, 0.2) is 24.3 Å². The number of terminal acetylenes is 1. The number of carbonyl (C=O) groups is 1. The molecule has 4 heteroatoms. The van der Waals surface area contributed by atoms with Gasteiger partial charge in [0, 0.05) is 31.1 Å². The summed E-state index contributed by atoms with van der Waals surface area (Å²) in [5.41, 5.74) is 1.85. The number of β-amino-alcohol motifs (C(OH)–C–C–N with tert-alkyl or cyclic N) is 1. The molecule has 0 aliphatic carbocycles. The van der Waals surface area contributed by atoms with Gasteiger partial charge in [-0.3, -0.25) is 4.79 Å². The molecule has 1 aromatic rings. The molecule has 0 unspecified atom stereocenters. The molecule has 1 aromatic carbocycles. The summed E-state index contributed by atoms with van der Waals surface area (Å²) in [6.45, 7) is 1.07. The lowest BCUT2D eigenvalue weighted by atomic mass is 10.1. The first kappa shape index (κ1) is 13.6. The van der Waals surface area contributed by atoms with Crippen molar-refractivity contribution in [3.05, 3.63) is 35.4 Å². The van der Waals surface area contributed by atoms with Gasteiger partial charge in [-0.05, 0) is 24.1 Å². The molecule has 1 heterocycles. The van der Waals surface area contributed by atoms with Crippen LogP contribution in [0.25, 0.3) is 0 Å². The van der Waals surface area contributed by atoms with Crippen molar-refractivity contribution in [2.24, 2.45) is 0 Å². The number of hydrogen-bond acceptors (Lipinski definition) is 3. The van der Waals surface area contributed by atoms with Gasteiger partial charge in [0.15, 0.2) is 0 Å². The number of carbonyl (C=O) groups excluding carboxylic acids is 1. The second-order valence-corrected chi connectivity index (χ2v) is 4.82. The maximum Gasteiger partial charge on any atom is 0.221 e. The van der Waals surface area contributed by atoms with E-state index >= 15 is 0 Å². The van der Waals surface area contributed by atoms with Crippen LogP contribution >= 0.6 is 0 Å². The monoisotopic (exact) mass is 258 g/mol. The molecular weight excluding hydrogens is 240 g/mol. The van der Waals surface area contributed by atoms with Crippen molar-refractivity contribution >= 4 is 5.91 Å². The van der Waals surface area contributed by atoms with Gasteiger partial charge in [-0.1, -0.05) is 18.1 Å². The van der Waals surface area contributed by atoms with Gasteiger partial charge in [0.1, 0.15) is 0 Å². The largest absolute Gasteiger partial charge is 0.392 e. The Hall–Kier alpha value is -1.83. The first-order valence-corrected chi connectivity index (χ1v) is 6.41. The van der Waals surface area contributed by atoms with Crippen LogP contribution in [0.5, 0.6) is 0 Å². The fourth-order valence-electron chi connectivity index (χ4n) is 2.17. The molecule has 2 rings (SSSR count). The molecule has 1 amide bonds. The second-order valence-electron chi connectivity index (χ2n) is 4.82. The molecule has 0 radical (unpaired) electrons.